The molecule has 0 unspecified atom stereocenters. The van der Waals surface area contributed by atoms with Gasteiger partial charge in [-0.2, -0.15) is 0 Å². The van der Waals surface area contributed by atoms with E-state index in [2.05, 4.69) is 10.6 Å². The Morgan fingerprint density at radius 1 is 1.25 bits per heavy atom. The van der Waals surface area contributed by atoms with Crippen LogP contribution in [0.1, 0.15) is 11.1 Å². The Morgan fingerprint density at radius 3 is 2.60 bits per heavy atom. The molecule has 0 spiro atoms. The topological polar surface area (TPSA) is 84.5 Å². The first kappa shape index (κ1) is 16.5. The van der Waals surface area contributed by atoms with Crippen LogP contribution in [0.3, 0.4) is 0 Å². The van der Waals surface area contributed by atoms with Crippen LogP contribution in [0, 0.1) is 0 Å². The zero-order valence-electron chi connectivity index (χ0n) is 11.7. The second-order valence-corrected chi connectivity index (χ2v) is 6.75. The van der Waals surface area contributed by atoms with Gasteiger partial charge in [-0.25, -0.2) is 13.2 Å². The molecule has 0 saturated heterocycles. The van der Waals surface area contributed by atoms with Crippen LogP contribution in [-0.4, -0.2) is 40.1 Å². The van der Waals surface area contributed by atoms with E-state index >= 15 is 0 Å². The van der Waals surface area contributed by atoms with E-state index in [9.17, 15) is 13.2 Å². The molecular formula is C13H20N2O4S. The summed E-state index contributed by atoms with van der Waals surface area (Å²) in [6.07, 6.45) is 1.13. The third-order valence-corrected chi connectivity index (χ3v) is 3.46. The van der Waals surface area contributed by atoms with Crippen LogP contribution in [0.4, 0.5) is 4.79 Å². The highest BCUT2D eigenvalue weighted by molar-refractivity contribution is 7.90. The van der Waals surface area contributed by atoms with Crippen LogP contribution >= 0.6 is 0 Å². The molecule has 0 atom stereocenters. The summed E-state index contributed by atoms with van der Waals surface area (Å²) < 4.78 is 26.9. The van der Waals surface area contributed by atoms with Crippen LogP contribution in [0.2, 0.25) is 0 Å². The SMILES string of the molecule is COCc1cccc(CNC(=O)NCCS(C)(=O)=O)c1. The Bertz CT molecular complexity index is 543. The average molecular weight is 300 g/mol. The van der Waals surface area contributed by atoms with E-state index in [0.717, 1.165) is 17.4 Å². The van der Waals surface area contributed by atoms with Crippen molar-refractivity contribution < 1.29 is 17.9 Å². The van der Waals surface area contributed by atoms with E-state index in [0.29, 0.717) is 13.2 Å². The second-order valence-electron chi connectivity index (χ2n) is 4.49. The van der Waals surface area contributed by atoms with Crippen molar-refractivity contribution in [2.24, 2.45) is 0 Å². The minimum absolute atomic E-state index is 0.0657. The second kappa shape index (κ2) is 7.86. The van der Waals surface area contributed by atoms with Gasteiger partial charge in [0, 0.05) is 26.5 Å². The molecule has 0 aliphatic heterocycles. The van der Waals surface area contributed by atoms with Gasteiger partial charge >= 0.3 is 6.03 Å². The van der Waals surface area contributed by atoms with Crippen LogP contribution in [0.15, 0.2) is 24.3 Å². The third-order valence-electron chi connectivity index (χ3n) is 2.51. The van der Waals surface area contributed by atoms with Crippen LogP contribution in [0.25, 0.3) is 0 Å². The molecule has 0 aromatic heterocycles. The minimum atomic E-state index is -3.06. The molecule has 2 amide bonds. The molecule has 20 heavy (non-hydrogen) atoms. The first-order valence-corrected chi connectivity index (χ1v) is 8.23. The fourth-order valence-electron chi connectivity index (χ4n) is 1.59. The van der Waals surface area contributed by atoms with Crippen molar-refractivity contribution in [3.05, 3.63) is 35.4 Å². The molecule has 7 heteroatoms. The lowest BCUT2D eigenvalue weighted by atomic mass is 10.1. The molecule has 0 fully saturated rings. The van der Waals surface area contributed by atoms with E-state index in [1.807, 2.05) is 24.3 Å². The standard InChI is InChI=1S/C13H20N2O4S/c1-19-10-12-5-3-4-11(8-12)9-15-13(16)14-6-7-20(2,17)18/h3-5,8H,6-7,9-10H2,1-2H3,(H2,14,15,16). The van der Waals surface area contributed by atoms with Gasteiger partial charge in [-0.15, -0.1) is 0 Å². The smallest absolute Gasteiger partial charge is 0.315 e. The summed E-state index contributed by atoms with van der Waals surface area (Å²) in [6, 6.07) is 7.30. The quantitative estimate of drug-likeness (QED) is 0.775. The molecule has 1 aromatic rings. The molecule has 0 aliphatic carbocycles. The predicted molar refractivity (Wildman–Crippen MR) is 77.1 cm³/mol. The maximum absolute atomic E-state index is 11.5. The van der Waals surface area contributed by atoms with Crippen molar-refractivity contribution in [2.45, 2.75) is 13.2 Å². The largest absolute Gasteiger partial charge is 0.380 e. The van der Waals surface area contributed by atoms with E-state index < -0.39 is 9.84 Å². The summed E-state index contributed by atoms with van der Waals surface area (Å²) in [5.41, 5.74) is 1.99. The fourth-order valence-corrected chi connectivity index (χ4v) is 2.06. The Balaban J connectivity index is 2.35. The zero-order chi connectivity index (χ0) is 15.0. The lowest BCUT2D eigenvalue weighted by molar-refractivity contribution is 0.185. The number of hydrogen-bond donors (Lipinski definition) is 2. The monoisotopic (exact) mass is 300 g/mol. The normalized spacial score (nSPS) is 11.1. The van der Waals surface area contributed by atoms with Gasteiger partial charge < -0.3 is 15.4 Å². The van der Waals surface area contributed by atoms with Crippen molar-refractivity contribution >= 4 is 15.9 Å². The first-order chi connectivity index (χ1) is 9.40. The number of benzene rings is 1. The zero-order valence-corrected chi connectivity index (χ0v) is 12.5. The van der Waals surface area contributed by atoms with E-state index in [4.69, 9.17) is 4.74 Å². The van der Waals surface area contributed by atoms with E-state index in [1.54, 1.807) is 7.11 Å². The van der Waals surface area contributed by atoms with Crippen molar-refractivity contribution in [3.63, 3.8) is 0 Å². The predicted octanol–water partition coefficient (Wildman–Crippen LogP) is 0.677. The first-order valence-electron chi connectivity index (χ1n) is 6.17. The molecule has 6 nitrogen and oxygen atoms in total. The number of carbonyl (C=O) groups excluding carboxylic acids is 1. The van der Waals surface area contributed by atoms with E-state index in [1.165, 1.54) is 0 Å². The average Bonchev–Trinajstić information content (AvgIpc) is 2.36. The minimum Gasteiger partial charge on any atom is -0.380 e. The third kappa shape index (κ3) is 7.10. The van der Waals surface area contributed by atoms with Crippen molar-refractivity contribution in [1.29, 1.82) is 0 Å². The van der Waals surface area contributed by atoms with Crippen LogP contribution in [-0.2, 0) is 27.7 Å². The van der Waals surface area contributed by atoms with Gasteiger partial charge in [0.2, 0.25) is 0 Å². The maximum atomic E-state index is 11.5. The summed E-state index contributed by atoms with van der Waals surface area (Å²) in [5.74, 6) is -0.0657. The molecule has 112 valence electrons. The highest BCUT2D eigenvalue weighted by Crippen LogP contribution is 2.06. The van der Waals surface area contributed by atoms with Gasteiger partial charge in [-0.3, -0.25) is 0 Å². The van der Waals surface area contributed by atoms with E-state index in [-0.39, 0.29) is 18.3 Å². The Kier molecular flexibility index (Phi) is 6.47. The number of methoxy groups -OCH3 is 1. The number of carbonyl (C=O) groups is 1. The van der Waals surface area contributed by atoms with Crippen molar-refractivity contribution in [2.75, 3.05) is 25.7 Å². The highest BCUT2D eigenvalue weighted by Gasteiger charge is 2.04. The summed E-state index contributed by atoms with van der Waals surface area (Å²) in [7, 11) is -1.43. The Morgan fingerprint density at radius 2 is 1.95 bits per heavy atom. The molecule has 0 radical (unpaired) electrons. The summed E-state index contributed by atoms with van der Waals surface area (Å²) in [5, 5.41) is 5.16. The molecule has 0 bridgehead atoms. The molecule has 0 saturated carbocycles. The molecule has 0 heterocycles. The molecule has 1 rings (SSSR count). The Labute approximate surface area is 119 Å². The van der Waals surface area contributed by atoms with Crippen LogP contribution < -0.4 is 10.6 Å². The van der Waals surface area contributed by atoms with Gasteiger partial charge in [0.05, 0.1) is 12.4 Å². The molecule has 2 N–H and O–H groups in total. The lowest BCUT2D eigenvalue weighted by Crippen LogP contribution is -2.37. The van der Waals surface area contributed by atoms with Crippen LogP contribution in [0.5, 0.6) is 0 Å². The number of amides is 2. The van der Waals surface area contributed by atoms with Crippen molar-refractivity contribution in [3.8, 4) is 0 Å². The molecular weight excluding hydrogens is 280 g/mol. The number of ether oxygens (including phenoxy) is 1. The number of nitrogens with one attached hydrogen (secondary N) is 2. The number of urea groups is 1. The Hall–Kier alpha value is -1.60. The molecule has 0 aliphatic rings. The fraction of sp³-hybridized carbons (Fsp3) is 0.462. The van der Waals surface area contributed by atoms with Gasteiger partial charge in [-0.1, -0.05) is 24.3 Å². The van der Waals surface area contributed by atoms with Gasteiger partial charge in [-0.05, 0) is 11.1 Å². The lowest BCUT2D eigenvalue weighted by Gasteiger charge is -2.08. The molecule has 1 aromatic carbocycles. The van der Waals surface area contributed by atoms with Gasteiger partial charge in [0.1, 0.15) is 9.84 Å². The highest BCUT2D eigenvalue weighted by atomic mass is 32.2. The number of hydrogen-bond acceptors (Lipinski definition) is 4. The van der Waals surface area contributed by atoms with Crippen molar-refractivity contribution in [1.82, 2.24) is 10.6 Å². The number of rotatable bonds is 7. The maximum Gasteiger partial charge on any atom is 0.315 e. The van der Waals surface area contributed by atoms with Gasteiger partial charge in [0.15, 0.2) is 0 Å². The summed E-state index contributed by atoms with van der Waals surface area (Å²) in [4.78, 5) is 11.5. The number of sulfone groups is 1. The summed E-state index contributed by atoms with van der Waals surface area (Å²) in [6.45, 7) is 1.00. The summed E-state index contributed by atoms with van der Waals surface area (Å²) >= 11 is 0. The van der Waals surface area contributed by atoms with Gasteiger partial charge in [0.25, 0.3) is 0 Å².